The van der Waals surface area contributed by atoms with Crippen molar-refractivity contribution in [3.05, 3.63) is 230 Å². The molecule has 0 saturated heterocycles. The number of nitrogens with one attached hydrogen (secondary N) is 2. The number of aromatic amines is 2. The van der Waals surface area contributed by atoms with Crippen LogP contribution in [0.25, 0.3) is 44.3 Å². The van der Waals surface area contributed by atoms with Crippen molar-refractivity contribution in [1.82, 2.24) is 39.5 Å². The maximum atomic E-state index is 6.24. The summed E-state index contributed by atoms with van der Waals surface area (Å²) in [7, 11) is -1.20. The van der Waals surface area contributed by atoms with Crippen molar-refractivity contribution < 1.29 is 4.74 Å². The molecule has 0 amide bonds. The lowest BCUT2D eigenvalue weighted by Gasteiger charge is -2.36. The number of H-pyrrole nitrogens is 2. The second-order valence-corrected chi connectivity index (χ2v) is 25.9. The Morgan fingerprint density at radius 2 is 1.11 bits per heavy atom. The van der Waals surface area contributed by atoms with Crippen molar-refractivity contribution in [2.45, 2.75) is 57.5 Å². The first-order valence-corrected chi connectivity index (χ1v) is 28.4. The molecular weight excluding hydrogens is 940 g/mol. The highest BCUT2D eigenvalue weighted by Crippen LogP contribution is 2.42. The highest BCUT2D eigenvalue weighted by Gasteiger charge is 2.39. The Balaban J connectivity index is 0.000000230. The van der Waals surface area contributed by atoms with Crippen molar-refractivity contribution in [2.75, 3.05) is 6.61 Å². The smallest absolute Gasteiger partial charge is 0.142 e. The molecule has 70 heavy (non-hydrogen) atoms. The molecule has 0 saturated carbocycles. The molecule has 2 N–H and O–H groups in total. The van der Waals surface area contributed by atoms with Gasteiger partial charge >= 0.3 is 0 Å². The molecular formula is C57H53ClN8OS2Si. The van der Waals surface area contributed by atoms with Crippen molar-refractivity contribution in [1.29, 1.82) is 0 Å². The van der Waals surface area contributed by atoms with E-state index in [4.69, 9.17) is 14.8 Å². The lowest BCUT2D eigenvalue weighted by molar-refractivity contribution is 0.0899. The summed E-state index contributed by atoms with van der Waals surface area (Å²) in [5.74, 6) is 0. The maximum Gasteiger partial charge on any atom is 0.142 e. The first-order chi connectivity index (χ1) is 33.8. The van der Waals surface area contributed by atoms with Crippen molar-refractivity contribution in [3.63, 3.8) is 0 Å². The van der Waals surface area contributed by atoms with Crippen LogP contribution in [0, 0.1) is 0 Å². The number of hydrogen-bond donors (Lipinski definition) is 2. The van der Waals surface area contributed by atoms with Crippen molar-refractivity contribution >= 4 is 66.1 Å². The number of hydrogen-bond acceptors (Lipinski definition) is 7. The van der Waals surface area contributed by atoms with E-state index in [9.17, 15) is 0 Å². The number of halogens is 1. The van der Waals surface area contributed by atoms with Gasteiger partial charge in [-0.05, 0) is 59.1 Å². The molecule has 350 valence electrons. The van der Waals surface area contributed by atoms with E-state index in [2.05, 4.69) is 201 Å². The van der Waals surface area contributed by atoms with Gasteiger partial charge in [0.1, 0.15) is 23.6 Å². The van der Waals surface area contributed by atoms with E-state index >= 15 is 0 Å². The molecule has 6 heterocycles. The average molecular weight is 994 g/mol. The Hall–Kier alpha value is -6.93. The quantitative estimate of drug-likeness (QED) is 0.0599. The molecule has 0 unspecified atom stereocenters. The van der Waals surface area contributed by atoms with Gasteiger partial charge in [-0.15, -0.1) is 12.4 Å². The molecule has 11 aromatic rings. The molecule has 9 nitrogen and oxygen atoms in total. The van der Waals surface area contributed by atoms with Gasteiger partial charge in [-0.2, -0.15) is 10.2 Å². The molecule has 0 radical (unpaired) electrons. The van der Waals surface area contributed by atoms with E-state index in [1.807, 2.05) is 61.4 Å². The molecule has 0 aliphatic heterocycles. The van der Waals surface area contributed by atoms with Crippen LogP contribution in [-0.2, 0) is 17.0 Å². The summed E-state index contributed by atoms with van der Waals surface area (Å²) in [6.07, 6.45) is 15.9. The minimum absolute atomic E-state index is 0. The van der Waals surface area contributed by atoms with E-state index in [0.717, 1.165) is 83.5 Å². The van der Waals surface area contributed by atoms with Crippen LogP contribution in [0.1, 0.15) is 16.7 Å². The lowest BCUT2D eigenvalue weighted by atomic mass is 9.77. The number of fused-ring (bicyclic) bond motifs is 2. The number of nitrogens with zero attached hydrogens (tertiary/aromatic N) is 6. The fourth-order valence-electron chi connectivity index (χ4n) is 8.58. The van der Waals surface area contributed by atoms with E-state index in [0.29, 0.717) is 6.73 Å². The van der Waals surface area contributed by atoms with Crippen LogP contribution in [0.15, 0.2) is 233 Å². The summed E-state index contributed by atoms with van der Waals surface area (Å²) in [4.78, 5) is 17.3. The third-order valence-corrected chi connectivity index (χ3v) is 15.6. The fourth-order valence-corrected chi connectivity index (χ4v) is 11.0. The number of aromatic nitrogens is 8. The van der Waals surface area contributed by atoms with Crippen molar-refractivity contribution in [3.8, 4) is 22.3 Å². The summed E-state index contributed by atoms with van der Waals surface area (Å²) in [6.45, 7) is 8.34. The average Bonchev–Trinajstić information content (AvgIpc) is 4.23. The van der Waals surface area contributed by atoms with E-state index < -0.39 is 13.6 Å². The van der Waals surface area contributed by atoms with Crippen LogP contribution in [0.4, 0.5) is 0 Å². The normalized spacial score (nSPS) is 11.6. The number of rotatable bonds is 15. The van der Waals surface area contributed by atoms with Gasteiger partial charge in [0, 0.05) is 104 Å². The zero-order valence-electron chi connectivity index (χ0n) is 39.1. The van der Waals surface area contributed by atoms with Crippen LogP contribution < -0.4 is 0 Å². The Morgan fingerprint density at radius 3 is 1.66 bits per heavy atom. The SMILES string of the molecule is C[Si](C)(C)CCOCn1cc(-c2cnn(C(c3ccccc3)(c3ccccc3)c3ccccc3)c2)c2cc(Sc3ccccc3)cnc21.Cl.c1ccc(Sc2cnc3[nH]cc(-c4cn[nH]c4)c3c2)cc1. The maximum absolute atomic E-state index is 6.24. The monoisotopic (exact) mass is 992 g/mol. The van der Waals surface area contributed by atoms with Crippen LogP contribution in [0.2, 0.25) is 25.7 Å². The molecule has 11 rings (SSSR count). The van der Waals surface area contributed by atoms with Crippen LogP contribution >= 0.6 is 35.9 Å². The fraction of sp³-hybridized carbons (Fsp3) is 0.123. The predicted octanol–water partition coefficient (Wildman–Crippen LogP) is 14.7. The molecule has 0 aliphatic carbocycles. The van der Waals surface area contributed by atoms with E-state index in [1.54, 1.807) is 23.5 Å². The Morgan fingerprint density at radius 1 is 0.571 bits per heavy atom. The highest BCUT2D eigenvalue weighted by molar-refractivity contribution is 7.99. The third kappa shape index (κ3) is 10.6. The molecule has 0 bridgehead atoms. The highest BCUT2D eigenvalue weighted by atomic mass is 35.5. The molecule has 5 aromatic carbocycles. The molecule has 0 fully saturated rings. The van der Waals surface area contributed by atoms with Crippen LogP contribution in [0.5, 0.6) is 0 Å². The van der Waals surface area contributed by atoms with Gasteiger partial charge in [-0.3, -0.25) is 9.78 Å². The Kier molecular flexibility index (Phi) is 15.0. The molecule has 13 heteroatoms. The topological polar surface area (TPSA) is 102 Å². The second-order valence-electron chi connectivity index (χ2n) is 18.0. The summed E-state index contributed by atoms with van der Waals surface area (Å²) in [5.41, 5.74) is 8.80. The van der Waals surface area contributed by atoms with Gasteiger partial charge in [-0.1, -0.05) is 171 Å². The van der Waals surface area contributed by atoms with Gasteiger partial charge < -0.3 is 14.3 Å². The zero-order chi connectivity index (χ0) is 47.0. The summed E-state index contributed by atoms with van der Waals surface area (Å²) in [5, 5.41) is 14.2. The third-order valence-electron chi connectivity index (χ3n) is 12.0. The number of ether oxygens (including phenoxy) is 1. The molecule has 0 spiro atoms. The van der Waals surface area contributed by atoms with Crippen molar-refractivity contribution in [2.24, 2.45) is 0 Å². The molecule has 0 atom stereocenters. The summed E-state index contributed by atoms with van der Waals surface area (Å²) < 4.78 is 10.5. The second kappa shape index (κ2) is 21.8. The number of benzene rings is 5. The van der Waals surface area contributed by atoms with Crippen LogP contribution in [0.3, 0.4) is 0 Å². The van der Waals surface area contributed by atoms with E-state index in [1.165, 1.54) is 9.79 Å². The first-order valence-electron chi connectivity index (χ1n) is 23.0. The van der Waals surface area contributed by atoms with Gasteiger partial charge in [0.2, 0.25) is 0 Å². The lowest BCUT2D eigenvalue weighted by Crippen LogP contribution is -2.38. The predicted molar refractivity (Wildman–Crippen MR) is 292 cm³/mol. The summed E-state index contributed by atoms with van der Waals surface area (Å²) >= 11 is 3.43. The summed E-state index contributed by atoms with van der Waals surface area (Å²) in [6, 6.07) is 58.3. The standard InChI is InChI=1S/C41H40N4OSSi.C16H12N4S.ClH/c1-48(2,3)25-24-46-31-44-30-39(38-26-37(28-42-40(38)44)47-36-22-14-7-15-23-36)32-27-43-45(29-32)41(33-16-8-4-9-17-33,34-18-10-5-11-19-34)35-20-12-6-13-21-35;1-2-4-12(5-3-1)21-13-6-14-15(11-7-19-20-8-11)10-18-16(14)17-9-13;/h4-23,26-30H,24-25,31H2,1-3H3;1-10H,(H,17,18)(H,19,20);1H. The molecule has 0 aliphatic rings. The Bertz CT molecular complexity index is 3280. The van der Waals surface area contributed by atoms with Gasteiger partial charge in [-0.25, -0.2) is 9.97 Å². The minimum atomic E-state index is -1.20. The first kappa shape index (κ1) is 48.1. The largest absolute Gasteiger partial charge is 0.361 e. The zero-order valence-corrected chi connectivity index (χ0v) is 42.6. The Labute approximate surface area is 424 Å². The van der Waals surface area contributed by atoms with Gasteiger partial charge in [0.25, 0.3) is 0 Å². The van der Waals surface area contributed by atoms with Crippen LogP contribution in [-0.4, -0.2) is 54.2 Å². The van der Waals surface area contributed by atoms with Gasteiger partial charge in [0.05, 0.1) is 12.4 Å². The number of pyridine rings is 2. The van der Waals surface area contributed by atoms with E-state index in [-0.39, 0.29) is 12.4 Å². The molecule has 6 aromatic heterocycles. The minimum Gasteiger partial charge on any atom is -0.361 e. The van der Waals surface area contributed by atoms with Gasteiger partial charge in [0.15, 0.2) is 0 Å².